The molecule has 0 aliphatic carbocycles. The zero-order valence-corrected chi connectivity index (χ0v) is 10.9. The summed E-state index contributed by atoms with van der Waals surface area (Å²) in [5.74, 6) is 0. The zero-order chi connectivity index (χ0) is 11.2. The molecule has 0 unspecified atom stereocenters. The van der Waals surface area contributed by atoms with Crippen LogP contribution in [-0.4, -0.2) is 37.6 Å². The maximum atomic E-state index is 3.49. The highest BCUT2D eigenvalue weighted by Crippen LogP contribution is 2.16. The number of hydrogen-bond donors (Lipinski definition) is 1. The van der Waals surface area contributed by atoms with E-state index in [2.05, 4.69) is 51.9 Å². The maximum absolute atomic E-state index is 3.49. The molecule has 0 saturated carbocycles. The van der Waals surface area contributed by atoms with Gasteiger partial charge in [-0.05, 0) is 39.3 Å². The number of likely N-dealkylation sites (N-methyl/N-ethyl adjacent to an activating group) is 1. The van der Waals surface area contributed by atoms with Crippen LogP contribution in [0.15, 0.2) is 0 Å². The topological polar surface area (TPSA) is 15.3 Å². The fourth-order valence-corrected chi connectivity index (χ4v) is 1.10. The zero-order valence-electron chi connectivity index (χ0n) is 10.9. The van der Waals surface area contributed by atoms with Crippen LogP contribution in [0.3, 0.4) is 0 Å². The lowest BCUT2D eigenvalue weighted by Crippen LogP contribution is -2.34. The van der Waals surface area contributed by atoms with Crippen LogP contribution in [0.4, 0.5) is 0 Å². The largest absolute Gasteiger partial charge is 0.315 e. The predicted molar refractivity (Wildman–Crippen MR) is 64.7 cm³/mol. The van der Waals surface area contributed by atoms with E-state index in [1.54, 1.807) is 0 Å². The van der Waals surface area contributed by atoms with Crippen LogP contribution in [0.25, 0.3) is 0 Å². The van der Waals surface area contributed by atoms with Gasteiger partial charge in [-0.2, -0.15) is 0 Å². The fourth-order valence-electron chi connectivity index (χ4n) is 1.10. The lowest BCUT2D eigenvalue weighted by Gasteiger charge is -2.22. The molecule has 14 heavy (non-hydrogen) atoms. The summed E-state index contributed by atoms with van der Waals surface area (Å²) in [6, 6.07) is 0.652. The first-order valence-electron chi connectivity index (χ1n) is 5.74. The number of rotatable bonds is 6. The van der Waals surface area contributed by atoms with Crippen LogP contribution in [-0.2, 0) is 0 Å². The summed E-state index contributed by atoms with van der Waals surface area (Å²) in [5.41, 5.74) is 0.455. The minimum absolute atomic E-state index is 0.455. The van der Waals surface area contributed by atoms with Crippen LogP contribution in [0.5, 0.6) is 0 Å². The van der Waals surface area contributed by atoms with Crippen molar-refractivity contribution >= 4 is 0 Å². The molecule has 1 N–H and O–H groups in total. The van der Waals surface area contributed by atoms with Crippen molar-refractivity contribution in [2.24, 2.45) is 5.41 Å². The highest BCUT2D eigenvalue weighted by Gasteiger charge is 2.08. The molecule has 0 spiro atoms. The van der Waals surface area contributed by atoms with Crippen molar-refractivity contribution in [1.29, 1.82) is 0 Å². The van der Waals surface area contributed by atoms with Crippen LogP contribution in [0.1, 0.15) is 41.0 Å². The van der Waals surface area contributed by atoms with Crippen molar-refractivity contribution in [2.75, 3.05) is 26.7 Å². The van der Waals surface area contributed by atoms with Crippen LogP contribution in [0, 0.1) is 5.41 Å². The lowest BCUT2D eigenvalue weighted by molar-refractivity contribution is 0.270. The van der Waals surface area contributed by atoms with Gasteiger partial charge in [0, 0.05) is 19.1 Å². The monoisotopic (exact) mass is 200 g/mol. The normalized spacial score (nSPS) is 12.9. The molecule has 0 aromatic rings. The Morgan fingerprint density at radius 3 is 2.14 bits per heavy atom. The van der Waals surface area contributed by atoms with Gasteiger partial charge in [0.25, 0.3) is 0 Å². The van der Waals surface area contributed by atoms with E-state index >= 15 is 0 Å². The third-order valence-electron chi connectivity index (χ3n) is 2.57. The highest BCUT2D eigenvalue weighted by atomic mass is 15.1. The summed E-state index contributed by atoms with van der Waals surface area (Å²) in [7, 11) is 2.18. The lowest BCUT2D eigenvalue weighted by atomic mass is 9.92. The van der Waals surface area contributed by atoms with Gasteiger partial charge in [-0.3, -0.25) is 0 Å². The molecule has 0 bridgehead atoms. The van der Waals surface area contributed by atoms with Gasteiger partial charge in [-0.25, -0.2) is 0 Å². The summed E-state index contributed by atoms with van der Waals surface area (Å²) >= 11 is 0. The quantitative estimate of drug-likeness (QED) is 0.662. The first-order chi connectivity index (χ1) is 6.33. The van der Waals surface area contributed by atoms with Crippen LogP contribution in [0.2, 0.25) is 0 Å². The molecular weight excluding hydrogens is 172 g/mol. The molecule has 0 saturated heterocycles. The Bertz CT molecular complexity index is 136. The SMILES string of the molecule is CC(C)N(C)CCNCCC(C)(C)C. The van der Waals surface area contributed by atoms with Gasteiger partial charge in [-0.15, -0.1) is 0 Å². The molecule has 2 nitrogen and oxygen atoms in total. The third-order valence-corrected chi connectivity index (χ3v) is 2.57. The Hall–Kier alpha value is -0.0800. The molecular formula is C12H28N2. The summed E-state index contributed by atoms with van der Waals surface area (Å²) in [6.45, 7) is 14.7. The minimum atomic E-state index is 0.455. The molecule has 86 valence electrons. The van der Waals surface area contributed by atoms with Gasteiger partial charge in [0.15, 0.2) is 0 Å². The van der Waals surface area contributed by atoms with Gasteiger partial charge in [-0.1, -0.05) is 20.8 Å². The first-order valence-corrected chi connectivity index (χ1v) is 5.74. The molecule has 0 rings (SSSR count). The average molecular weight is 200 g/mol. The van der Waals surface area contributed by atoms with Crippen molar-refractivity contribution in [3.05, 3.63) is 0 Å². The maximum Gasteiger partial charge on any atom is 0.0106 e. The van der Waals surface area contributed by atoms with Gasteiger partial charge >= 0.3 is 0 Å². The van der Waals surface area contributed by atoms with E-state index in [0.29, 0.717) is 11.5 Å². The van der Waals surface area contributed by atoms with E-state index in [0.717, 1.165) is 19.6 Å². The van der Waals surface area contributed by atoms with E-state index in [-0.39, 0.29) is 0 Å². The van der Waals surface area contributed by atoms with Gasteiger partial charge < -0.3 is 10.2 Å². The number of hydrogen-bond acceptors (Lipinski definition) is 2. The highest BCUT2D eigenvalue weighted by molar-refractivity contribution is 4.64. The molecule has 0 aliphatic heterocycles. The smallest absolute Gasteiger partial charge is 0.0106 e. The second-order valence-electron chi connectivity index (χ2n) is 5.64. The van der Waals surface area contributed by atoms with Crippen molar-refractivity contribution in [3.63, 3.8) is 0 Å². The van der Waals surface area contributed by atoms with E-state index in [1.165, 1.54) is 6.42 Å². The molecule has 0 aromatic heterocycles. The predicted octanol–water partition coefficient (Wildman–Crippen LogP) is 2.35. The van der Waals surface area contributed by atoms with E-state index in [9.17, 15) is 0 Å². The Morgan fingerprint density at radius 2 is 1.71 bits per heavy atom. The molecule has 0 radical (unpaired) electrons. The van der Waals surface area contributed by atoms with E-state index < -0.39 is 0 Å². The molecule has 0 fully saturated rings. The van der Waals surface area contributed by atoms with Crippen molar-refractivity contribution in [1.82, 2.24) is 10.2 Å². The van der Waals surface area contributed by atoms with Crippen molar-refractivity contribution < 1.29 is 0 Å². The van der Waals surface area contributed by atoms with Crippen molar-refractivity contribution in [2.45, 2.75) is 47.1 Å². The molecule has 2 heteroatoms. The summed E-state index contributed by atoms with van der Waals surface area (Å²) < 4.78 is 0. The number of nitrogens with one attached hydrogen (secondary N) is 1. The summed E-state index contributed by atoms with van der Waals surface area (Å²) in [6.07, 6.45) is 1.25. The summed E-state index contributed by atoms with van der Waals surface area (Å²) in [5, 5.41) is 3.49. The number of nitrogens with zero attached hydrogens (tertiary/aromatic N) is 1. The van der Waals surface area contributed by atoms with Crippen LogP contribution < -0.4 is 5.32 Å². The Labute approximate surface area is 90.1 Å². The van der Waals surface area contributed by atoms with Gasteiger partial charge in [0.05, 0.1) is 0 Å². The van der Waals surface area contributed by atoms with Gasteiger partial charge in [0.2, 0.25) is 0 Å². The van der Waals surface area contributed by atoms with E-state index in [1.807, 2.05) is 0 Å². The Kier molecular flexibility index (Phi) is 6.38. The average Bonchev–Trinajstić information content (AvgIpc) is 2.01. The van der Waals surface area contributed by atoms with Gasteiger partial charge in [0.1, 0.15) is 0 Å². The molecule has 0 amide bonds. The fraction of sp³-hybridized carbons (Fsp3) is 1.00. The first kappa shape index (κ1) is 13.9. The Balaban J connectivity index is 3.30. The summed E-state index contributed by atoms with van der Waals surface area (Å²) in [4.78, 5) is 2.37. The van der Waals surface area contributed by atoms with Crippen molar-refractivity contribution in [3.8, 4) is 0 Å². The second kappa shape index (κ2) is 6.41. The minimum Gasteiger partial charge on any atom is -0.315 e. The molecule has 0 atom stereocenters. The molecule has 0 heterocycles. The van der Waals surface area contributed by atoms with E-state index in [4.69, 9.17) is 0 Å². The molecule has 0 aromatic carbocycles. The Morgan fingerprint density at radius 1 is 1.14 bits per heavy atom. The molecule has 0 aliphatic rings. The third kappa shape index (κ3) is 8.52. The van der Waals surface area contributed by atoms with Crippen LogP contribution >= 0.6 is 0 Å². The standard InChI is InChI=1S/C12H28N2/c1-11(2)14(6)10-9-13-8-7-12(3,4)5/h11,13H,7-10H2,1-6H3. The second-order valence-corrected chi connectivity index (χ2v) is 5.64.